The smallest absolute Gasteiger partial charge is 0.199 e. The Morgan fingerprint density at radius 2 is 1.29 bits per heavy atom. The normalized spacial score (nSPS) is 15.1. The number of para-hydroxylation sites is 2. The molecule has 0 bridgehead atoms. The van der Waals surface area contributed by atoms with Crippen LogP contribution in [0.5, 0.6) is 0 Å². The van der Waals surface area contributed by atoms with Gasteiger partial charge in [0.15, 0.2) is 11.6 Å². The van der Waals surface area contributed by atoms with Crippen LogP contribution in [0.2, 0.25) is 20.1 Å². The number of hydrogen-bond donors (Lipinski definition) is 0. The lowest BCUT2D eigenvalue weighted by molar-refractivity contribution is 0.0990. The molecule has 0 saturated heterocycles. The number of anilines is 3. The monoisotopic (exact) mass is 627 g/mol. The molecule has 0 unspecified atom stereocenters. The van der Waals surface area contributed by atoms with E-state index in [4.69, 9.17) is 46.4 Å². The van der Waals surface area contributed by atoms with Gasteiger partial charge in [-0.1, -0.05) is 115 Å². The molecule has 1 aliphatic carbocycles. The Morgan fingerprint density at radius 1 is 0.667 bits per heavy atom. The number of fused-ring (bicyclic) bond motifs is 5. The molecule has 5 aromatic rings. The predicted molar refractivity (Wildman–Crippen MR) is 174 cm³/mol. The Labute approximate surface area is 262 Å². The molecule has 5 aromatic carbocycles. The Bertz CT molecular complexity index is 2000. The van der Waals surface area contributed by atoms with Gasteiger partial charge in [-0.3, -0.25) is 9.59 Å². The largest absolute Gasteiger partial charge is 0.310 e. The summed E-state index contributed by atoms with van der Waals surface area (Å²) in [6.07, 6.45) is 1.58. The highest BCUT2D eigenvalue weighted by Crippen LogP contribution is 2.54. The minimum absolute atomic E-state index is 0.0106. The number of allylic oxidation sites excluding steroid dienone is 1. The standard InChI is InChI=1S/C35H21Cl4NO2/c1-35(2)23-10-6-7-11-24(23)40(20-8-4-3-5-9-20)25-15-13-19-16-18(12-14-21(19)28(25)35)17-22-33(41)26-27(34(22)42)30(37)32(39)31(38)29(26)36/h3-17H,1-2H3. The predicted octanol–water partition coefficient (Wildman–Crippen LogP) is 11.0. The van der Waals surface area contributed by atoms with Gasteiger partial charge in [0.2, 0.25) is 0 Å². The van der Waals surface area contributed by atoms with E-state index in [1.54, 1.807) is 6.08 Å². The molecular weight excluding hydrogens is 608 g/mol. The van der Waals surface area contributed by atoms with E-state index < -0.39 is 11.6 Å². The van der Waals surface area contributed by atoms with E-state index in [-0.39, 0.29) is 42.2 Å². The van der Waals surface area contributed by atoms with Gasteiger partial charge >= 0.3 is 0 Å². The molecule has 0 N–H and O–H groups in total. The lowest BCUT2D eigenvalue weighted by Gasteiger charge is -2.42. The zero-order valence-electron chi connectivity index (χ0n) is 22.4. The van der Waals surface area contributed by atoms with Crippen LogP contribution in [-0.2, 0) is 5.41 Å². The molecule has 0 saturated carbocycles. The lowest BCUT2D eigenvalue weighted by atomic mass is 9.71. The van der Waals surface area contributed by atoms with E-state index in [9.17, 15) is 9.59 Å². The first kappa shape index (κ1) is 27.2. The number of benzene rings is 5. The summed E-state index contributed by atoms with van der Waals surface area (Å²) in [5, 5.41) is 1.84. The first-order valence-corrected chi connectivity index (χ1v) is 14.8. The molecule has 0 amide bonds. The average molecular weight is 629 g/mol. The van der Waals surface area contributed by atoms with Gasteiger partial charge in [0, 0.05) is 11.1 Å². The molecule has 7 heteroatoms. The van der Waals surface area contributed by atoms with Crippen molar-refractivity contribution in [1.82, 2.24) is 0 Å². The van der Waals surface area contributed by atoms with Crippen molar-refractivity contribution >= 4 is 91.9 Å². The molecule has 0 spiro atoms. The molecule has 0 atom stereocenters. The van der Waals surface area contributed by atoms with Crippen LogP contribution in [0.3, 0.4) is 0 Å². The second-order valence-electron chi connectivity index (χ2n) is 11.0. The molecule has 1 heterocycles. The first-order valence-electron chi connectivity index (χ1n) is 13.3. The zero-order chi connectivity index (χ0) is 29.5. The Hall–Kier alpha value is -3.60. The fourth-order valence-corrected chi connectivity index (χ4v) is 7.34. The van der Waals surface area contributed by atoms with Crippen LogP contribution in [0.15, 0.2) is 90.5 Å². The van der Waals surface area contributed by atoms with Gasteiger partial charge in [0.05, 0.1) is 48.2 Å². The van der Waals surface area contributed by atoms with E-state index >= 15 is 0 Å². The number of carbonyl (C=O) groups is 2. The lowest BCUT2D eigenvalue weighted by Crippen LogP contribution is -2.30. The summed E-state index contributed by atoms with van der Waals surface area (Å²) in [7, 11) is 0. The molecule has 0 aromatic heterocycles. The van der Waals surface area contributed by atoms with Crippen LogP contribution in [0, 0.1) is 0 Å². The highest BCUT2D eigenvalue weighted by molar-refractivity contribution is 6.57. The van der Waals surface area contributed by atoms with Crippen LogP contribution in [0.4, 0.5) is 17.1 Å². The Morgan fingerprint density at radius 3 is 1.95 bits per heavy atom. The van der Waals surface area contributed by atoms with Crippen LogP contribution in [-0.4, -0.2) is 11.6 Å². The summed E-state index contributed by atoms with van der Waals surface area (Å²) in [5.74, 6) is -1.05. The summed E-state index contributed by atoms with van der Waals surface area (Å²) >= 11 is 25.0. The Balaban J connectivity index is 1.39. The summed E-state index contributed by atoms with van der Waals surface area (Å²) in [6.45, 7) is 4.50. The van der Waals surface area contributed by atoms with Crippen molar-refractivity contribution in [3.63, 3.8) is 0 Å². The number of hydrogen-bond acceptors (Lipinski definition) is 3. The zero-order valence-corrected chi connectivity index (χ0v) is 25.5. The highest BCUT2D eigenvalue weighted by Gasteiger charge is 2.40. The molecule has 0 radical (unpaired) electrons. The van der Waals surface area contributed by atoms with Gasteiger partial charge in [0.1, 0.15) is 0 Å². The van der Waals surface area contributed by atoms with Crippen molar-refractivity contribution in [3.05, 3.63) is 138 Å². The molecule has 2 aliphatic rings. The SMILES string of the molecule is CC1(C)c2ccccc2N(c2ccccc2)c2ccc3cc(C=C4C(=O)c5c(Cl)c(Cl)c(Cl)c(Cl)c5C4=O)ccc3c21. The maximum atomic E-state index is 13.3. The van der Waals surface area contributed by atoms with Gasteiger partial charge in [-0.25, -0.2) is 0 Å². The van der Waals surface area contributed by atoms with Gasteiger partial charge in [-0.05, 0) is 63.9 Å². The summed E-state index contributed by atoms with van der Waals surface area (Å²) in [5.41, 5.74) is 6.12. The second-order valence-corrected chi connectivity index (χ2v) is 12.5. The maximum absolute atomic E-state index is 13.3. The Kier molecular flexibility index (Phi) is 6.31. The third kappa shape index (κ3) is 3.81. The molecule has 42 heavy (non-hydrogen) atoms. The minimum atomic E-state index is -0.526. The third-order valence-corrected chi connectivity index (χ3v) is 10.0. The minimum Gasteiger partial charge on any atom is -0.310 e. The molecule has 206 valence electrons. The van der Waals surface area contributed by atoms with E-state index in [0.29, 0.717) is 5.56 Å². The molecular formula is C35H21Cl4NO2. The van der Waals surface area contributed by atoms with Gasteiger partial charge in [0.25, 0.3) is 0 Å². The number of halogens is 4. The number of ketones is 2. The summed E-state index contributed by atoms with van der Waals surface area (Å²) < 4.78 is 0. The van der Waals surface area contributed by atoms with Crippen molar-refractivity contribution in [2.75, 3.05) is 4.90 Å². The molecule has 7 rings (SSSR count). The molecule has 1 aliphatic heterocycles. The third-order valence-electron chi connectivity index (χ3n) is 8.24. The van der Waals surface area contributed by atoms with Gasteiger partial charge < -0.3 is 4.90 Å². The van der Waals surface area contributed by atoms with Crippen LogP contribution < -0.4 is 4.90 Å². The van der Waals surface area contributed by atoms with Crippen molar-refractivity contribution in [3.8, 4) is 0 Å². The molecule has 3 nitrogen and oxygen atoms in total. The van der Waals surface area contributed by atoms with Gasteiger partial charge in [-0.2, -0.15) is 0 Å². The van der Waals surface area contributed by atoms with Crippen LogP contribution in [0.25, 0.3) is 16.8 Å². The average Bonchev–Trinajstić information content (AvgIpc) is 3.24. The van der Waals surface area contributed by atoms with Crippen molar-refractivity contribution < 1.29 is 9.59 Å². The molecule has 0 fully saturated rings. The van der Waals surface area contributed by atoms with E-state index in [1.165, 1.54) is 11.1 Å². The van der Waals surface area contributed by atoms with Gasteiger partial charge in [-0.15, -0.1) is 0 Å². The number of rotatable bonds is 2. The quantitative estimate of drug-likeness (QED) is 0.0844. The number of Topliss-reactive ketones (excluding diaryl/α,β-unsaturated/α-hetero) is 2. The first-order chi connectivity index (χ1) is 20.1. The maximum Gasteiger partial charge on any atom is 0.199 e. The van der Waals surface area contributed by atoms with Crippen LogP contribution in [0.1, 0.15) is 51.3 Å². The fourth-order valence-electron chi connectivity index (χ4n) is 6.31. The van der Waals surface area contributed by atoms with Crippen molar-refractivity contribution in [1.29, 1.82) is 0 Å². The highest BCUT2D eigenvalue weighted by atomic mass is 35.5. The summed E-state index contributed by atoms with van der Waals surface area (Å²) in [6, 6.07) is 29.0. The van der Waals surface area contributed by atoms with Crippen molar-refractivity contribution in [2.45, 2.75) is 19.3 Å². The van der Waals surface area contributed by atoms with E-state index in [0.717, 1.165) is 27.8 Å². The number of nitrogens with zero attached hydrogens (tertiary/aromatic N) is 1. The van der Waals surface area contributed by atoms with E-state index in [2.05, 4.69) is 73.3 Å². The number of carbonyl (C=O) groups excluding carboxylic acids is 2. The van der Waals surface area contributed by atoms with Crippen LogP contribution >= 0.6 is 46.4 Å². The fraction of sp³-hybridized carbons (Fsp3) is 0.0857. The summed E-state index contributed by atoms with van der Waals surface area (Å²) in [4.78, 5) is 29.0. The topological polar surface area (TPSA) is 37.4 Å². The second kappa shape index (κ2) is 9.72. The van der Waals surface area contributed by atoms with E-state index in [1.807, 2.05) is 30.3 Å². The van der Waals surface area contributed by atoms with Crippen molar-refractivity contribution in [2.24, 2.45) is 0 Å².